The van der Waals surface area contributed by atoms with Crippen molar-refractivity contribution in [2.45, 2.75) is 31.2 Å². The van der Waals surface area contributed by atoms with Crippen molar-refractivity contribution in [2.75, 3.05) is 5.75 Å². The van der Waals surface area contributed by atoms with Crippen LogP contribution < -0.4 is 10.6 Å². The normalized spacial score (nSPS) is 13.3. The lowest BCUT2D eigenvalue weighted by atomic mass is 10.1. The quantitative estimate of drug-likeness (QED) is 0.763. The molecule has 0 saturated heterocycles. The zero-order valence-corrected chi connectivity index (χ0v) is 14.7. The van der Waals surface area contributed by atoms with Gasteiger partial charge in [-0.2, -0.15) is 0 Å². The summed E-state index contributed by atoms with van der Waals surface area (Å²) < 4.78 is 0. The van der Waals surface area contributed by atoms with E-state index in [9.17, 15) is 9.59 Å². The number of benzene rings is 1. The average Bonchev–Trinajstić information content (AvgIpc) is 3.45. The second kappa shape index (κ2) is 8.67. The second-order valence-corrected chi connectivity index (χ2v) is 7.06. The lowest BCUT2D eigenvalue weighted by Gasteiger charge is -2.07. The van der Waals surface area contributed by atoms with E-state index in [-0.39, 0.29) is 11.8 Å². The molecule has 1 saturated carbocycles. The highest BCUT2D eigenvalue weighted by molar-refractivity contribution is 7.99. The van der Waals surface area contributed by atoms with Crippen molar-refractivity contribution in [3.8, 4) is 0 Å². The van der Waals surface area contributed by atoms with E-state index in [2.05, 4.69) is 15.6 Å². The van der Waals surface area contributed by atoms with Gasteiger partial charge in [0, 0.05) is 36.3 Å². The number of carbonyl (C=O) groups excluding carboxylic acids is 2. The first-order valence-corrected chi connectivity index (χ1v) is 9.49. The fourth-order valence-corrected chi connectivity index (χ4v) is 3.06. The predicted octanol–water partition coefficient (Wildman–Crippen LogP) is 2.52. The van der Waals surface area contributed by atoms with Gasteiger partial charge in [-0.25, -0.2) is 0 Å². The summed E-state index contributed by atoms with van der Waals surface area (Å²) in [6.07, 6.45) is 5.71. The molecule has 6 heteroatoms. The molecule has 0 aliphatic heterocycles. The number of rotatable bonds is 8. The van der Waals surface area contributed by atoms with Gasteiger partial charge in [-0.15, -0.1) is 11.8 Å². The van der Waals surface area contributed by atoms with Crippen molar-refractivity contribution in [3.05, 3.63) is 65.5 Å². The summed E-state index contributed by atoms with van der Waals surface area (Å²) in [5.41, 5.74) is 2.75. The predicted molar refractivity (Wildman–Crippen MR) is 99.2 cm³/mol. The van der Waals surface area contributed by atoms with Gasteiger partial charge >= 0.3 is 0 Å². The van der Waals surface area contributed by atoms with Crippen LogP contribution in [0.15, 0.2) is 48.8 Å². The molecule has 1 aliphatic carbocycles. The lowest BCUT2D eigenvalue weighted by molar-refractivity contribution is -0.118. The first-order valence-electron chi connectivity index (χ1n) is 8.34. The minimum absolute atomic E-state index is 0.00411. The molecule has 130 valence electrons. The molecule has 2 aromatic rings. The fourth-order valence-electron chi connectivity index (χ4n) is 2.27. The highest BCUT2D eigenvalue weighted by Crippen LogP contribution is 2.19. The number of hydrogen-bond donors (Lipinski definition) is 2. The van der Waals surface area contributed by atoms with Crippen LogP contribution in [-0.2, 0) is 17.1 Å². The van der Waals surface area contributed by atoms with Crippen molar-refractivity contribution in [3.63, 3.8) is 0 Å². The minimum atomic E-state index is -0.0233. The standard InChI is InChI=1S/C19H21N3O2S/c23-18(13-25-12-15-2-1-9-20-10-15)21-11-14-3-5-16(6-4-14)19(24)22-17-7-8-17/h1-6,9-10,17H,7-8,11-13H2,(H,21,23)(H,22,24). The Labute approximate surface area is 151 Å². The monoisotopic (exact) mass is 355 g/mol. The zero-order valence-electron chi connectivity index (χ0n) is 13.9. The van der Waals surface area contributed by atoms with Gasteiger partial charge in [0.2, 0.25) is 5.91 Å². The molecule has 1 aliphatic rings. The van der Waals surface area contributed by atoms with Crippen LogP contribution in [0.2, 0.25) is 0 Å². The molecule has 5 nitrogen and oxygen atoms in total. The summed E-state index contributed by atoms with van der Waals surface area (Å²) in [5.74, 6) is 1.16. The van der Waals surface area contributed by atoms with Crippen molar-refractivity contribution >= 4 is 23.6 Å². The molecule has 25 heavy (non-hydrogen) atoms. The van der Waals surface area contributed by atoms with Crippen LogP contribution in [-0.4, -0.2) is 28.6 Å². The largest absolute Gasteiger partial charge is 0.351 e. The Morgan fingerprint density at radius 1 is 1.12 bits per heavy atom. The molecule has 3 rings (SSSR count). The van der Waals surface area contributed by atoms with Crippen LogP contribution in [0, 0.1) is 0 Å². The van der Waals surface area contributed by atoms with Gasteiger partial charge in [0.15, 0.2) is 0 Å². The molecular formula is C19H21N3O2S. The van der Waals surface area contributed by atoms with Crippen molar-refractivity contribution in [1.29, 1.82) is 0 Å². The number of aromatic nitrogens is 1. The number of nitrogens with one attached hydrogen (secondary N) is 2. The summed E-state index contributed by atoms with van der Waals surface area (Å²) in [7, 11) is 0. The number of thioether (sulfide) groups is 1. The maximum atomic E-state index is 11.9. The van der Waals surface area contributed by atoms with Crippen molar-refractivity contribution < 1.29 is 9.59 Å². The van der Waals surface area contributed by atoms with Gasteiger partial charge in [-0.3, -0.25) is 14.6 Å². The fraction of sp³-hybridized carbons (Fsp3) is 0.316. The molecule has 0 spiro atoms. The molecule has 1 aromatic heterocycles. The molecule has 1 fully saturated rings. The van der Waals surface area contributed by atoms with Gasteiger partial charge in [0.25, 0.3) is 5.91 Å². The highest BCUT2D eigenvalue weighted by atomic mass is 32.2. The van der Waals surface area contributed by atoms with E-state index in [1.54, 1.807) is 30.1 Å². The molecular weight excluding hydrogens is 334 g/mol. The van der Waals surface area contributed by atoms with Crippen LogP contribution in [0.3, 0.4) is 0 Å². The third-order valence-corrected chi connectivity index (χ3v) is 4.85. The molecule has 2 N–H and O–H groups in total. The number of hydrogen-bond acceptors (Lipinski definition) is 4. The number of pyridine rings is 1. The van der Waals surface area contributed by atoms with E-state index in [1.165, 1.54) is 0 Å². The van der Waals surface area contributed by atoms with Gasteiger partial charge in [0.05, 0.1) is 5.75 Å². The Bertz CT molecular complexity index is 715. The third kappa shape index (κ3) is 5.90. The third-order valence-electron chi connectivity index (χ3n) is 3.84. The summed E-state index contributed by atoms with van der Waals surface area (Å²) in [6, 6.07) is 11.6. The SMILES string of the molecule is O=C(CSCc1cccnc1)NCc1ccc(C(=O)NC2CC2)cc1. The van der Waals surface area contributed by atoms with Gasteiger partial charge in [-0.05, 0) is 42.2 Å². The summed E-state index contributed by atoms with van der Waals surface area (Å²) >= 11 is 1.56. The minimum Gasteiger partial charge on any atom is -0.351 e. The van der Waals surface area contributed by atoms with E-state index < -0.39 is 0 Å². The van der Waals surface area contributed by atoms with Crippen LogP contribution in [0.1, 0.15) is 34.3 Å². The molecule has 0 unspecified atom stereocenters. The first kappa shape index (κ1) is 17.5. The Morgan fingerprint density at radius 3 is 2.60 bits per heavy atom. The molecule has 0 radical (unpaired) electrons. The summed E-state index contributed by atoms with van der Waals surface area (Å²) in [6.45, 7) is 0.469. The molecule has 2 amide bonds. The van der Waals surface area contributed by atoms with Gasteiger partial charge in [-0.1, -0.05) is 18.2 Å². The number of carbonyl (C=O) groups is 2. The van der Waals surface area contributed by atoms with Crippen molar-refractivity contribution in [2.24, 2.45) is 0 Å². The summed E-state index contributed by atoms with van der Waals surface area (Å²) in [5, 5.41) is 5.86. The Morgan fingerprint density at radius 2 is 1.92 bits per heavy atom. The number of nitrogens with zero attached hydrogens (tertiary/aromatic N) is 1. The van der Waals surface area contributed by atoms with Crippen LogP contribution >= 0.6 is 11.8 Å². The molecule has 0 bridgehead atoms. The van der Waals surface area contributed by atoms with Crippen LogP contribution in [0.4, 0.5) is 0 Å². The lowest BCUT2D eigenvalue weighted by Crippen LogP contribution is -2.26. The zero-order chi connectivity index (χ0) is 17.5. The topological polar surface area (TPSA) is 71.1 Å². The van der Waals surface area contributed by atoms with Gasteiger partial charge in [0.1, 0.15) is 0 Å². The van der Waals surface area contributed by atoms with E-state index >= 15 is 0 Å². The maximum absolute atomic E-state index is 11.9. The number of amides is 2. The Balaban J connectivity index is 1.37. The first-order chi connectivity index (χ1) is 12.2. The highest BCUT2D eigenvalue weighted by Gasteiger charge is 2.23. The van der Waals surface area contributed by atoms with Gasteiger partial charge < -0.3 is 10.6 Å². The Kier molecular flexibility index (Phi) is 6.06. The van der Waals surface area contributed by atoms with E-state index in [0.29, 0.717) is 23.9 Å². The van der Waals surface area contributed by atoms with E-state index in [0.717, 1.165) is 29.7 Å². The van der Waals surface area contributed by atoms with Crippen LogP contribution in [0.25, 0.3) is 0 Å². The molecule has 0 atom stereocenters. The van der Waals surface area contributed by atoms with E-state index in [1.807, 2.05) is 30.5 Å². The Hall–Kier alpha value is -2.34. The second-order valence-electron chi connectivity index (χ2n) is 6.08. The summed E-state index contributed by atoms with van der Waals surface area (Å²) in [4.78, 5) is 27.9. The molecule has 1 aromatic carbocycles. The van der Waals surface area contributed by atoms with Crippen LogP contribution in [0.5, 0.6) is 0 Å². The van der Waals surface area contributed by atoms with Crippen molar-refractivity contribution in [1.82, 2.24) is 15.6 Å². The maximum Gasteiger partial charge on any atom is 0.251 e. The average molecular weight is 355 g/mol. The van der Waals surface area contributed by atoms with E-state index in [4.69, 9.17) is 0 Å². The molecule has 1 heterocycles. The smallest absolute Gasteiger partial charge is 0.251 e.